The van der Waals surface area contributed by atoms with E-state index in [9.17, 15) is 18.0 Å². The minimum Gasteiger partial charge on any atom is -0.309 e. The average Bonchev–Trinajstić information content (AvgIpc) is 2.94. The van der Waals surface area contributed by atoms with Crippen LogP contribution in [0, 0.1) is 11.3 Å². The van der Waals surface area contributed by atoms with Crippen LogP contribution < -0.4 is 5.32 Å². The molecule has 0 aliphatic rings. The zero-order valence-electron chi connectivity index (χ0n) is 12.5. The molecule has 2 aromatic heterocycles. The van der Waals surface area contributed by atoms with Gasteiger partial charge in [-0.15, -0.1) is 0 Å². The number of nitrogens with zero attached hydrogens (tertiary/aromatic N) is 4. The Morgan fingerprint density at radius 1 is 1.33 bits per heavy atom. The number of carbonyl (C=O) groups excluding carboxylic acids is 1. The summed E-state index contributed by atoms with van der Waals surface area (Å²) < 4.78 is 39.3. The third kappa shape index (κ3) is 5.08. The van der Waals surface area contributed by atoms with Crippen LogP contribution in [0.5, 0.6) is 0 Å². The van der Waals surface area contributed by atoms with Crippen LogP contribution in [0.25, 0.3) is 0 Å². The SMILES string of the molecule is N#CCCCn1ccc(NC(=O)Cc2cccc(C(F)(F)F)n2)n1. The molecule has 6 nitrogen and oxygen atoms in total. The van der Waals surface area contributed by atoms with E-state index >= 15 is 0 Å². The van der Waals surface area contributed by atoms with Crippen LogP contribution in [0.4, 0.5) is 19.0 Å². The number of aryl methyl sites for hydroxylation is 1. The second kappa shape index (κ2) is 7.59. The number of nitriles is 1. The fourth-order valence-corrected chi connectivity index (χ4v) is 1.96. The number of pyridine rings is 1. The molecule has 0 spiro atoms. The van der Waals surface area contributed by atoms with Gasteiger partial charge >= 0.3 is 6.18 Å². The number of halogens is 3. The summed E-state index contributed by atoms with van der Waals surface area (Å²) in [5.74, 6) is -0.215. The maximum Gasteiger partial charge on any atom is 0.433 e. The standard InChI is InChI=1S/C15H14F3N5O/c16-15(17,18)12-5-3-4-11(20-12)10-14(24)21-13-6-9-23(22-13)8-2-1-7-19/h3-6,9H,1-2,8,10H2,(H,21,22,24). The zero-order chi connectivity index (χ0) is 17.6. The van der Waals surface area contributed by atoms with E-state index in [0.29, 0.717) is 25.2 Å². The summed E-state index contributed by atoms with van der Waals surface area (Å²) in [4.78, 5) is 15.3. The predicted octanol–water partition coefficient (Wildman–Crippen LogP) is 2.78. The monoisotopic (exact) mass is 337 g/mol. The van der Waals surface area contributed by atoms with Crippen LogP contribution in [0.3, 0.4) is 0 Å². The first-order valence-corrected chi connectivity index (χ1v) is 7.12. The highest BCUT2D eigenvalue weighted by molar-refractivity contribution is 5.91. The normalized spacial score (nSPS) is 11.1. The van der Waals surface area contributed by atoms with Gasteiger partial charge in [0.15, 0.2) is 5.82 Å². The van der Waals surface area contributed by atoms with Crippen LogP contribution in [0.1, 0.15) is 24.2 Å². The summed E-state index contributed by atoms with van der Waals surface area (Å²) in [5, 5.41) is 15.1. The largest absolute Gasteiger partial charge is 0.433 e. The van der Waals surface area contributed by atoms with Crippen molar-refractivity contribution in [3.05, 3.63) is 41.9 Å². The highest BCUT2D eigenvalue weighted by Crippen LogP contribution is 2.27. The van der Waals surface area contributed by atoms with Gasteiger partial charge in [-0.3, -0.25) is 9.48 Å². The van der Waals surface area contributed by atoms with Gasteiger partial charge in [0.2, 0.25) is 5.91 Å². The van der Waals surface area contributed by atoms with Gasteiger partial charge in [-0.25, -0.2) is 4.98 Å². The molecule has 0 radical (unpaired) electrons. The smallest absolute Gasteiger partial charge is 0.309 e. The van der Waals surface area contributed by atoms with E-state index in [2.05, 4.69) is 15.4 Å². The van der Waals surface area contributed by atoms with E-state index in [4.69, 9.17) is 5.26 Å². The predicted molar refractivity (Wildman–Crippen MR) is 78.6 cm³/mol. The van der Waals surface area contributed by atoms with Crippen LogP contribution in [-0.4, -0.2) is 20.7 Å². The fourth-order valence-electron chi connectivity index (χ4n) is 1.96. The Labute approximate surface area is 135 Å². The first-order chi connectivity index (χ1) is 11.4. The molecular weight excluding hydrogens is 323 g/mol. The molecule has 0 saturated carbocycles. The molecule has 0 fully saturated rings. The van der Waals surface area contributed by atoms with Crippen molar-refractivity contribution in [3.63, 3.8) is 0 Å². The lowest BCUT2D eigenvalue weighted by Crippen LogP contribution is -2.17. The molecule has 0 aliphatic carbocycles. The third-order valence-corrected chi connectivity index (χ3v) is 3.02. The first kappa shape index (κ1) is 17.5. The summed E-state index contributed by atoms with van der Waals surface area (Å²) in [7, 11) is 0. The lowest BCUT2D eigenvalue weighted by molar-refractivity contribution is -0.141. The van der Waals surface area contributed by atoms with Gasteiger partial charge in [0.25, 0.3) is 0 Å². The quantitative estimate of drug-likeness (QED) is 0.822. The van der Waals surface area contributed by atoms with E-state index in [0.717, 1.165) is 6.07 Å². The number of amides is 1. The molecule has 2 aromatic rings. The molecule has 2 heterocycles. The highest BCUT2D eigenvalue weighted by atomic mass is 19.4. The van der Waals surface area contributed by atoms with Crippen molar-refractivity contribution in [3.8, 4) is 6.07 Å². The van der Waals surface area contributed by atoms with Crippen LogP contribution >= 0.6 is 0 Å². The Balaban J connectivity index is 1.93. The summed E-state index contributed by atoms with van der Waals surface area (Å²) in [5.41, 5.74) is -1.01. The molecule has 2 rings (SSSR count). The number of rotatable bonds is 6. The topological polar surface area (TPSA) is 83.6 Å². The van der Waals surface area contributed by atoms with Crippen molar-refractivity contribution < 1.29 is 18.0 Å². The number of hydrogen-bond donors (Lipinski definition) is 1. The molecule has 0 atom stereocenters. The van der Waals surface area contributed by atoms with Gasteiger partial charge in [0, 0.05) is 25.2 Å². The van der Waals surface area contributed by atoms with Gasteiger partial charge in [-0.05, 0) is 18.6 Å². The molecule has 126 valence electrons. The lowest BCUT2D eigenvalue weighted by atomic mass is 10.2. The summed E-state index contributed by atoms with van der Waals surface area (Å²) in [6.45, 7) is 0.540. The molecule has 0 bridgehead atoms. The Morgan fingerprint density at radius 3 is 2.83 bits per heavy atom. The minimum absolute atomic E-state index is 0.0239. The number of unbranched alkanes of at least 4 members (excludes halogenated alkanes) is 1. The van der Waals surface area contributed by atoms with Crippen molar-refractivity contribution in [2.75, 3.05) is 5.32 Å². The van der Waals surface area contributed by atoms with Crippen LogP contribution in [0.15, 0.2) is 30.5 Å². The van der Waals surface area contributed by atoms with E-state index < -0.39 is 17.8 Å². The lowest BCUT2D eigenvalue weighted by Gasteiger charge is -2.07. The number of aromatic nitrogens is 3. The average molecular weight is 337 g/mol. The number of alkyl halides is 3. The molecule has 1 amide bonds. The minimum atomic E-state index is -4.55. The van der Waals surface area contributed by atoms with Gasteiger partial charge in [0.05, 0.1) is 18.2 Å². The molecule has 24 heavy (non-hydrogen) atoms. The van der Waals surface area contributed by atoms with E-state index in [-0.39, 0.29) is 12.1 Å². The van der Waals surface area contributed by atoms with Gasteiger partial charge < -0.3 is 5.32 Å². The van der Waals surface area contributed by atoms with Gasteiger partial charge in [0.1, 0.15) is 5.69 Å². The Bertz CT molecular complexity index is 748. The van der Waals surface area contributed by atoms with Crippen molar-refractivity contribution in [2.45, 2.75) is 32.0 Å². The fraction of sp³-hybridized carbons (Fsp3) is 0.333. The van der Waals surface area contributed by atoms with E-state index in [1.165, 1.54) is 12.1 Å². The number of hydrogen-bond acceptors (Lipinski definition) is 4. The Hall–Kier alpha value is -2.89. The Morgan fingerprint density at radius 2 is 2.12 bits per heavy atom. The summed E-state index contributed by atoms with van der Waals surface area (Å²) in [6.07, 6.45) is -2.14. The maximum absolute atomic E-state index is 12.6. The first-order valence-electron chi connectivity index (χ1n) is 7.12. The molecule has 0 unspecified atom stereocenters. The van der Waals surface area contributed by atoms with E-state index in [1.54, 1.807) is 16.9 Å². The highest BCUT2D eigenvalue weighted by Gasteiger charge is 2.32. The van der Waals surface area contributed by atoms with Crippen molar-refractivity contribution >= 4 is 11.7 Å². The molecule has 1 N–H and O–H groups in total. The number of nitrogens with one attached hydrogen (secondary N) is 1. The van der Waals surface area contributed by atoms with Crippen LogP contribution in [0.2, 0.25) is 0 Å². The van der Waals surface area contributed by atoms with Crippen molar-refractivity contribution in [1.82, 2.24) is 14.8 Å². The second-order valence-corrected chi connectivity index (χ2v) is 4.96. The number of anilines is 1. The van der Waals surface area contributed by atoms with Gasteiger partial charge in [-0.1, -0.05) is 6.07 Å². The molecule has 0 aromatic carbocycles. The van der Waals surface area contributed by atoms with Gasteiger partial charge in [-0.2, -0.15) is 23.5 Å². The van der Waals surface area contributed by atoms with Crippen LogP contribution in [-0.2, 0) is 23.9 Å². The Kier molecular flexibility index (Phi) is 5.52. The maximum atomic E-state index is 12.6. The molecular formula is C15H14F3N5O. The molecule has 9 heteroatoms. The van der Waals surface area contributed by atoms with E-state index in [1.807, 2.05) is 6.07 Å². The summed E-state index contributed by atoms with van der Waals surface area (Å²) >= 11 is 0. The van der Waals surface area contributed by atoms with Crippen molar-refractivity contribution in [1.29, 1.82) is 5.26 Å². The van der Waals surface area contributed by atoms with Crippen molar-refractivity contribution in [2.24, 2.45) is 0 Å². The second-order valence-electron chi connectivity index (χ2n) is 4.96. The number of carbonyl (C=O) groups is 1. The molecule has 0 aliphatic heterocycles. The third-order valence-electron chi connectivity index (χ3n) is 3.02. The summed E-state index contributed by atoms with van der Waals surface area (Å²) in [6, 6.07) is 7.01. The molecule has 0 saturated heterocycles. The zero-order valence-corrected chi connectivity index (χ0v) is 12.5.